The van der Waals surface area contributed by atoms with E-state index >= 15 is 0 Å². The number of benzene rings is 2. The number of nitrogens with one attached hydrogen (secondary N) is 1. The van der Waals surface area contributed by atoms with Gasteiger partial charge < -0.3 is 5.32 Å². The van der Waals surface area contributed by atoms with Gasteiger partial charge in [0.2, 0.25) is 0 Å². The summed E-state index contributed by atoms with van der Waals surface area (Å²) >= 11 is 0. The molecule has 1 N–H and O–H groups in total. The highest BCUT2D eigenvalue weighted by molar-refractivity contribution is 5.25. The van der Waals surface area contributed by atoms with Gasteiger partial charge in [0.25, 0.3) is 0 Å². The highest BCUT2D eigenvalue weighted by atomic mass is 19.1. The lowest BCUT2D eigenvalue weighted by Gasteiger charge is -2.15. The molecule has 2 aromatic rings. The number of hydrogen-bond donors (Lipinski definition) is 1. The number of rotatable bonds is 7. The lowest BCUT2D eigenvalue weighted by molar-refractivity contribution is 0.544. The van der Waals surface area contributed by atoms with E-state index in [4.69, 9.17) is 0 Å². The Balaban J connectivity index is 1.91. The van der Waals surface area contributed by atoms with Crippen LogP contribution in [0.2, 0.25) is 0 Å². The van der Waals surface area contributed by atoms with Gasteiger partial charge in [-0.1, -0.05) is 55.8 Å². The molecule has 112 valence electrons. The van der Waals surface area contributed by atoms with E-state index in [-0.39, 0.29) is 11.9 Å². The molecule has 21 heavy (non-hydrogen) atoms. The molecule has 2 aromatic carbocycles. The first kappa shape index (κ1) is 15.7. The Bertz CT molecular complexity index is 548. The lowest BCUT2D eigenvalue weighted by atomic mass is 10.0. The van der Waals surface area contributed by atoms with E-state index in [0.29, 0.717) is 12.1 Å². The van der Waals surface area contributed by atoms with Gasteiger partial charge in [-0.15, -0.1) is 0 Å². The van der Waals surface area contributed by atoms with Crippen molar-refractivity contribution in [1.29, 1.82) is 0 Å². The van der Waals surface area contributed by atoms with Crippen LogP contribution in [0.4, 0.5) is 4.39 Å². The van der Waals surface area contributed by atoms with Gasteiger partial charge in [0.1, 0.15) is 5.82 Å². The van der Waals surface area contributed by atoms with Crippen LogP contribution in [0.25, 0.3) is 0 Å². The van der Waals surface area contributed by atoms with Crippen LogP contribution in [0.5, 0.6) is 0 Å². The Morgan fingerprint density at radius 2 is 1.76 bits per heavy atom. The fraction of sp³-hybridized carbons (Fsp3) is 0.368. The Labute approximate surface area is 127 Å². The molecule has 0 aliphatic carbocycles. The van der Waals surface area contributed by atoms with E-state index in [1.807, 2.05) is 12.1 Å². The van der Waals surface area contributed by atoms with Gasteiger partial charge in [0, 0.05) is 18.2 Å². The summed E-state index contributed by atoms with van der Waals surface area (Å²) < 4.78 is 13.6. The molecule has 0 saturated heterocycles. The van der Waals surface area contributed by atoms with Crippen molar-refractivity contribution in [2.45, 2.75) is 45.7 Å². The smallest absolute Gasteiger partial charge is 0.127 e. The molecule has 2 heteroatoms. The van der Waals surface area contributed by atoms with Crippen LogP contribution < -0.4 is 5.32 Å². The van der Waals surface area contributed by atoms with E-state index in [0.717, 1.165) is 6.42 Å². The van der Waals surface area contributed by atoms with Crippen molar-refractivity contribution in [2.75, 3.05) is 0 Å². The Hall–Kier alpha value is -1.67. The molecule has 1 atom stereocenters. The predicted molar refractivity (Wildman–Crippen MR) is 86.7 cm³/mol. The number of unbranched alkanes of at least 4 members (excludes halogenated alkanes) is 1. The number of aryl methyl sites for hydroxylation is 1. The standard InChI is InChI=1S/C19H24FN/c1-3-4-7-16-10-12-17(13-11-16)15(2)21-14-18-8-5-6-9-19(18)20/h5-6,8-13,15,21H,3-4,7,14H2,1-2H3. The molecule has 2 rings (SSSR count). The second-order valence-electron chi connectivity index (χ2n) is 5.54. The fourth-order valence-corrected chi connectivity index (χ4v) is 2.38. The van der Waals surface area contributed by atoms with Crippen LogP contribution in [0.1, 0.15) is 49.4 Å². The largest absolute Gasteiger partial charge is 0.306 e. The zero-order valence-corrected chi connectivity index (χ0v) is 12.9. The third-order valence-electron chi connectivity index (χ3n) is 3.86. The second-order valence-corrected chi connectivity index (χ2v) is 5.54. The van der Waals surface area contributed by atoms with Crippen LogP contribution in [0.15, 0.2) is 48.5 Å². The topological polar surface area (TPSA) is 12.0 Å². The molecule has 0 fully saturated rings. The number of halogens is 1. The minimum absolute atomic E-state index is 0.146. The first-order valence-corrected chi connectivity index (χ1v) is 7.76. The van der Waals surface area contributed by atoms with E-state index in [1.165, 1.54) is 30.0 Å². The van der Waals surface area contributed by atoms with Crippen molar-refractivity contribution in [1.82, 2.24) is 5.32 Å². The Morgan fingerprint density at radius 1 is 1.05 bits per heavy atom. The molecule has 0 heterocycles. The maximum Gasteiger partial charge on any atom is 0.127 e. The molecule has 1 nitrogen and oxygen atoms in total. The average Bonchev–Trinajstić information content (AvgIpc) is 2.52. The molecule has 0 spiro atoms. The predicted octanol–water partition coefficient (Wildman–Crippen LogP) is 5.02. The molecule has 0 aliphatic rings. The first-order valence-electron chi connectivity index (χ1n) is 7.76. The Morgan fingerprint density at radius 3 is 2.43 bits per heavy atom. The molecule has 0 radical (unpaired) electrons. The highest BCUT2D eigenvalue weighted by Crippen LogP contribution is 2.16. The van der Waals surface area contributed by atoms with Crippen molar-refractivity contribution < 1.29 is 4.39 Å². The minimum atomic E-state index is -0.146. The van der Waals surface area contributed by atoms with E-state index in [1.54, 1.807) is 6.07 Å². The monoisotopic (exact) mass is 285 g/mol. The van der Waals surface area contributed by atoms with E-state index in [2.05, 4.69) is 43.4 Å². The fourth-order valence-electron chi connectivity index (χ4n) is 2.38. The third-order valence-corrected chi connectivity index (χ3v) is 3.86. The van der Waals surface area contributed by atoms with Gasteiger partial charge >= 0.3 is 0 Å². The van der Waals surface area contributed by atoms with Crippen LogP contribution in [-0.4, -0.2) is 0 Å². The zero-order valence-electron chi connectivity index (χ0n) is 12.9. The van der Waals surface area contributed by atoms with Gasteiger partial charge in [-0.05, 0) is 37.0 Å². The molecule has 0 bridgehead atoms. The summed E-state index contributed by atoms with van der Waals surface area (Å²) in [6.45, 7) is 4.87. The summed E-state index contributed by atoms with van der Waals surface area (Å²) in [5.74, 6) is -0.146. The maximum atomic E-state index is 13.6. The summed E-state index contributed by atoms with van der Waals surface area (Å²) in [7, 11) is 0. The average molecular weight is 285 g/mol. The zero-order chi connectivity index (χ0) is 15.1. The van der Waals surface area contributed by atoms with Crippen LogP contribution in [-0.2, 0) is 13.0 Å². The molecular formula is C19H24FN. The molecule has 1 unspecified atom stereocenters. The normalized spacial score (nSPS) is 12.3. The summed E-state index contributed by atoms with van der Waals surface area (Å²) in [5, 5.41) is 3.38. The van der Waals surface area contributed by atoms with Gasteiger partial charge in [-0.2, -0.15) is 0 Å². The van der Waals surface area contributed by atoms with E-state index in [9.17, 15) is 4.39 Å². The van der Waals surface area contributed by atoms with Crippen LogP contribution in [0.3, 0.4) is 0 Å². The Kier molecular flexibility index (Phi) is 5.94. The summed E-state index contributed by atoms with van der Waals surface area (Å²) in [6.07, 6.45) is 3.61. The molecule has 0 saturated carbocycles. The van der Waals surface area contributed by atoms with Crippen molar-refractivity contribution in [3.63, 3.8) is 0 Å². The van der Waals surface area contributed by atoms with Crippen molar-refractivity contribution >= 4 is 0 Å². The number of hydrogen-bond acceptors (Lipinski definition) is 1. The molecular weight excluding hydrogens is 261 g/mol. The SMILES string of the molecule is CCCCc1ccc(C(C)NCc2ccccc2F)cc1. The molecule has 0 amide bonds. The highest BCUT2D eigenvalue weighted by Gasteiger charge is 2.06. The quantitative estimate of drug-likeness (QED) is 0.753. The van der Waals surface area contributed by atoms with Crippen LogP contribution >= 0.6 is 0 Å². The second kappa shape index (κ2) is 7.94. The maximum absolute atomic E-state index is 13.6. The summed E-state index contributed by atoms with van der Waals surface area (Å²) in [6, 6.07) is 15.9. The van der Waals surface area contributed by atoms with Crippen molar-refractivity contribution in [3.05, 3.63) is 71.0 Å². The van der Waals surface area contributed by atoms with Crippen molar-refractivity contribution in [3.8, 4) is 0 Å². The van der Waals surface area contributed by atoms with E-state index < -0.39 is 0 Å². The third kappa shape index (κ3) is 4.68. The van der Waals surface area contributed by atoms with Crippen molar-refractivity contribution in [2.24, 2.45) is 0 Å². The van der Waals surface area contributed by atoms with Gasteiger partial charge in [-0.3, -0.25) is 0 Å². The minimum Gasteiger partial charge on any atom is -0.306 e. The lowest BCUT2D eigenvalue weighted by Crippen LogP contribution is -2.18. The van der Waals surface area contributed by atoms with Gasteiger partial charge in [-0.25, -0.2) is 4.39 Å². The summed E-state index contributed by atoms with van der Waals surface area (Å²) in [4.78, 5) is 0. The molecule has 0 aromatic heterocycles. The first-order chi connectivity index (χ1) is 10.2. The molecule has 0 aliphatic heterocycles. The van der Waals surface area contributed by atoms with Gasteiger partial charge in [0.05, 0.1) is 0 Å². The van der Waals surface area contributed by atoms with Gasteiger partial charge in [0.15, 0.2) is 0 Å². The summed E-state index contributed by atoms with van der Waals surface area (Å²) in [5.41, 5.74) is 3.34. The van der Waals surface area contributed by atoms with Crippen LogP contribution in [0, 0.1) is 5.82 Å².